The number of halogens is 2. The summed E-state index contributed by atoms with van der Waals surface area (Å²) in [5.74, 6) is -0.400. The molecule has 1 fully saturated rings. The van der Waals surface area contributed by atoms with Gasteiger partial charge in [-0.2, -0.15) is 0 Å². The van der Waals surface area contributed by atoms with Crippen LogP contribution in [-0.4, -0.2) is 17.9 Å². The monoisotopic (exact) mass is 482 g/mol. The molecule has 0 bridgehead atoms. The molecule has 2 amide bonds. The van der Waals surface area contributed by atoms with Crippen molar-refractivity contribution in [2.24, 2.45) is 0 Å². The van der Waals surface area contributed by atoms with E-state index in [4.69, 9.17) is 11.6 Å². The first-order chi connectivity index (χ1) is 12.5. The van der Waals surface area contributed by atoms with Crippen LogP contribution in [0.5, 0.6) is 0 Å². The number of carbonyl (C=O) groups is 2. The molecule has 136 valence electrons. The molecular weight excluding hydrogens is 463 g/mol. The minimum absolute atomic E-state index is 0.188. The molecule has 2 aromatic rings. The fourth-order valence-corrected chi connectivity index (χ4v) is 3.97. The fourth-order valence-electron chi connectivity index (χ4n) is 3.13. The Labute approximate surface area is 171 Å². The molecule has 2 N–H and O–H groups in total. The van der Waals surface area contributed by atoms with Crippen molar-refractivity contribution in [3.8, 4) is 0 Å². The standard InChI is InChI=1S/C20H20ClIN2O2/c21-17-11-10-14(24-19(25)15-8-4-5-9-18(15)22)12-16(17)20(26)23-13-6-2-1-3-7-13/h4-5,8-13H,1-3,6-7H2,(H,23,26)(H,24,25). The van der Waals surface area contributed by atoms with E-state index in [2.05, 4.69) is 33.2 Å². The quantitative estimate of drug-likeness (QED) is 0.584. The van der Waals surface area contributed by atoms with E-state index in [1.165, 1.54) is 6.42 Å². The van der Waals surface area contributed by atoms with Gasteiger partial charge in [-0.15, -0.1) is 0 Å². The maximum atomic E-state index is 12.6. The Balaban J connectivity index is 1.73. The number of carbonyl (C=O) groups excluding carboxylic acids is 2. The first-order valence-corrected chi connectivity index (χ1v) is 10.2. The third-order valence-electron chi connectivity index (χ3n) is 4.53. The molecule has 0 unspecified atom stereocenters. The molecule has 0 heterocycles. The fraction of sp³-hybridized carbons (Fsp3) is 0.300. The molecule has 1 aliphatic carbocycles. The summed E-state index contributed by atoms with van der Waals surface area (Å²) >= 11 is 8.34. The van der Waals surface area contributed by atoms with Crippen LogP contribution >= 0.6 is 34.2 Å². The highest BCUT2D eigenvalue weighted by Crippen LogP contribution is 2.23. The lowest BCUT2D eigenvalue weighted by molar-refractivity contribution is 0.0926. The maximum Gasteiger partial charge on any atom is 0.256 e. The Morgan fingerprint density at radius 3 is 2.42 bits per heavy atom. The van der Waals surface area contributed by atoms with Gasteiger partial charge < -0.3 is 10.6 Å². The van der Waals surface area contributed by atoms with Gasteiger partial charge in [-0.3, -0.25) is 9.59 Å². The average molecular weight is 483 g/mol. The van der Waals surface area contributed by atoms with E-state index in [0.29, 0.717) is 21.8 Å². The van der Waals surface area contributed by atoms with Gasteiger partial charge in [-0.1, -0.05) is 43.0 Å². The van der Waals surface area contributed by atoms with Gasteiger partial charge in [0, 0.05) is 15.3 Å². The Hall–Kier alpha value is -1.60. The van der Waals surface area contributed by atoms with Crippen LogP contribution in [0.3, 0.4) is 0 Å². The molecule has 6 heteroatoms. The van der Waals surface area contributed by atoms with E-state index >= 15 is 0 Å². The minimum atomic E-state index is -0.212. The zero-order valence-corrected chi connectivity index (χ0v) is 17.1. The average Bonchev–Trinajstić information content (AvgIpc) is 2.64. The third-order valence-corrected chi connectivity index (χ3v) is 5.80. The number of hydrogen-bond donors (Lipinski definition) is 2. The minimum Gasteiger partial charge on any atom is -0.349 e. The lowest BCUT2D eigenvalue weighted by Gasteiger charge is -2.23. The molecule has 0 aromatic heterocycles. The summed E-state index contributed by atoms with van der Waals surface area (Å²) < 4.78 is 0.867. The summed E-state index contributed by atoms with van der Waals surface area (Å²) in [6.07, 6.45) is 5.53. The van der Waals surface area contributed by atoms with Crippen LogP contribution in [0.2, 0.25) is 5.02 Å². The van der Waals surface area contributed by atoms with E-state index in [1.807, 2.05) is 18.2 Å². The predicted octanol–water partition coefficient (Wildman–Crippen LogP) is 5.26. The Morgan fingerprint density at radius 1 is 0.962 bits per heavy atom. The zero-order valence-electron chi connectivity index (χ0n) is 14.2. The first-order valence-electron chi connectivity index (χ1n) is 8.71. The van der Waals surface area contributed by atoms with Crippen LogP contribution in [0.15, 0.2) is 42.5 Å². The van der Waals surface area contributed by atoms with Crippen LogP contribution in [0.25, 0.3) is 0 Å². The van der Waals surface area contributed by atoms with Crippen molar-refractivity contribution in [1.82, 2.24) is 5.32 Å². The summed E-state index contributed by atoms with van der Waals surface area (Å²) in [6, 6.07) is 12.5. The van der Waals surface area contributed by atoms with Crippen molar-refractivity contribution in [3.05, 3.63) is 62.2 Å². The summed E-state index contributed by atoms with van der Waals surface area (Å²) in [4.78, 5) is 25.1. The number of rotatable bonds is 4. The van der Waals surface area contributed by atoms with Crippen molar-refractivity contribution >= 4 is 51.7 Å². The number of anilines is 1. The van der Waals surface area contributed by atoms with Crippen molar-refractivity contribution < 1.29 is 9.59 Å². The smallest absolute Gasteiger partial charge is 0.256 e. The van der Waals surface area contributed by atoms with Gasteiger partial charge in [0.05, 0.1) is 16.1 Å². The third kappa shape index (κ3) is 4.76. The van der Waals surface area contributed by atoms with E-state index in [1.54, 1.807) is 24.3 Å². The van der Waals surface area contributed by atoms with Crippen LogP contribution in [0, 0.1) is 3.57 Å². The molecule has 0 radical (unpaired) electrons. The molecular formula is C20H20ClIN2O2. The zero-order chi connectivity index (χ0) is 18.5. The molecule has 3 rings (SSSR count). The molecule has 0 aliphatic heterocycles. The van der Waals surface area contributed by atoms with Gasteiger partial charge in [0.25, 0.3) is 11.8 Å². The molecule has 26 heavy (non-hydrogen) atoms. The number of benzene rings is 2. The molecule has 0 atom stereocenters. The normalized spacial score (nSPS) is 14.7. The number of nitrogens with one attached hydrogen (secondary N) is 2. The molecule has 1 aliphatic rings. The van der Waals surface area contributed by atoms with Crippen LogP contribution in [-0.2, 0) is 0 Å². The highest BCUT2D eigenvalue weighted by molar-refractivity contribution is 14.1. The first kappa shape index (κ1) is 19.2. The van der Waals surface area contributed by atoms with Gasteiger partial charge in [-0.25, -0.2) is 0 Å². The predicted molar refractivity (Wildman–Crippen MR) is 113 cm³/mol. The van der Waals surface area contributed by atoms with Gasteiger partial charge in [0.2, 0.25) is 0 Å². The molecule has 0 saturated heterocycles. The van der Waals surface area contributed by atoms with Crippen molar-refractivity contribution in [3.63, 3.8) is 0 Å². The summed E-state index contributed by atoms with van der Waals surface area (Å²) in [6.45, 7) is 0. The Morgan fingerprint density at radius 2 is 1.69 bits per heavy atom. The van der Waals surface area contributed by atoms with Crippen LogP contribution < -0.4 is 10.6 Å². The van der Waals surface area contributed by atoms with E-state index in [-0.39, 0.29) is 17.9 Å². The lowest BCUT2D eigenvalue weighted by atomic mass is 9.95. The summed E-state index contributed by atoms with van der Waals surface area (Å²) in [7, 11) is 0. The van der Waals surface area contributed by atoms with Crippen molar-refractivity contribution in [2.75, 3.05) is 5.32 Å². The topological polar surface area (TPSA) is 58.2 Å². The van der Waals surface area contributed by atoms with Gasteiger partial charge >= 0.3 is 0 Å². The van der Waals surface area contributed by atoms with E-state index in [0.717, 1.165) is 29.3 Å². The molecule has 4 nitrogen and oxygen atoms in total. The lowest BCUT2D eigenvalue weighted by Crippen LogP contribution is -2.36. The van der Waals surface area contributed by atoms with Gasteiger partial charge in [-0.05, 0) is 65.8 Å². The van der Waals surface area contributed by atoms with Gasteiger partial charge in [0.1, 0.15) is 0 Å². The second-order valence-electron chi connectivity index (χ2n) is 6.44. The Kier molecular flexibility index (Phi) is 6.53. The number of hydrogen-bond acceptors (Lipinski definition) is 2. The SMILES string of the molecule is O=C(NC1CCCCC1)c1cc(NC(=O)c2ccccc2I)ccc1Cl. The van der Waals surface area contributed by atoms with E-state index < -0.39 is 0 Å². The summed E-state index contributed by atoms with van der Waals surface area (Å²) in [5.41, 5.74) is 1.53. The second-order valence-corrected chi connectivity index (χ2v) is 8.01. The van der Waals surface area contributed by atoms with Crippen molar-refractivity contribution in [2.45, 2.75) is 38.1 Å². The van der Waals surface area contributed by atoms with E-state index in [9.17, 15) is 9.59 Å². The van der Waals surface area contributed by atoms with Crippen molar-refractivity contribution in [1.29, 1.82) is 0 Å². The largest absolute Gasteiger partial charge is 0.349 e. The summed E-state index contributed by atoms with van der Waals surface area (Å²) in [5, 5.41) is 6.28. The molecule has 0 spiro atoms. The Bertz CT molecular complexity index is 819. The second kappa shape index (κ2) is 8.86. The van der Waals surface area contributed by atoms with Crippen LogP contribution in [0.1, 0.15) is 52.8 Å². The van der Waals surface area contributed by atoms with Crippen LogP contribution in [0.4, 0.5) is 5.69 Å². The number of amides is 2. The highest BCUT2D eigenvalue weighted by atomic mass is 127. The van der Waals surface area contributed by atoms with Gasteiger partial charge in [0.15, 0.2) is 0 Å². The molecule has 1 saturated carbocycles. The maximum absolute atomic E-state index is 12.6. The molecule has 2 aromatic carbocycles. The highest BCUT2D eigenvalue weighted by Gasteiger charge is 2.19.